The Morgan fingerprint density at radius 3 is 2.75 bits per heavy atom. The second kappa shape index (κ2) is 4.16. The van der Waals surface area contributed by atoms with Crippen LogP contribution in [0.3, 0.4) is 0 Å². The Bertz CT molecular complexity index is 525. The highest BCUT2D eigenvalue weighted by Gasteiger charge is 2.25. The molecule has 7 heteroatoms. The highest BCUT2D eigenvalue weighted by molar-refractivity contribution is 7.93. The molecule has 2 rings (SSSR count). The lowest BCUT2D eigenvalue weighted by Crippen LogP contribution is -2.33. The molecule has 2 N–H and O–H groups in total. The van der Waals surface area contributed by atoms with Crippen molar-refractivity contribution >= 4 is 22.3 Å². The highest BCUT2D eigenvalue weighted by Crippen LogP contribution is 2.21. The zero-order chi connectivity index (χ0) is 11.8. The van der Waals surface area contributed by atoms with Crippen molar-refractivity contribution in [2.24, 2.45) is 4.36 Å². The summed E-state index contributed by atoms with van der Waals surface area (Å²) in [6, 6.07) is 4.09. The van der Waals surface area contributed by atoms with E-state index in [1.807, 2.05) is 0 Å². The fourth-order valence-electron chi connectivity index (χ4n) is 1.69. The fraction of sp³-hybridized carbons (Fsp3) is 0.333. The van der Waals surface area contributed by atoms with Crippen molar-refractivity contribution in [3.8, 4) is 0 Å². The Labute approximate surface area is 93.4 Å². The zero-order valence-electron chi connectivity index (χ0n) is 8.47. The first kappa shape index (κ1) is 11.6. The van der Waals surface area contributed by atoms with Gasteiger partial charge in [-0.3, -0.25) is 0 Å². The van der Waals surface area contributed by atoms with Gasteiger partial charge in [0.2, 0.25) is 0 Å². The molecule has 1 unspecified atom stereocenters. The molecular formula is C9H11BFNO3S. The minimum atomic E-state index is -2.69. The van der Waals surface area contributed by atoms with Crippen LogP contribution in [0.15, 0.2) is 27.5 Å². The third-order valence-corrected chi connectivity index (χ3v) is 4.94. The smallest absolute Gasteiger partial charge is 0.423 e. The molecule has 0 aromatic heterocycles. The predicted molar refractivity (Wildman–Crippen MR) is 59.4 cm³/mol. The van der Waals surface area contributed by atoms with Crippen LogP contribution in [0, 0.1) is 5.82 Å². The molecular weight excluding hydrogens is 232 g/mol. The summed E-state index contributed by atoms with van der Waals surface area (Å²) >= 11 is 0. The fourth-order valence-corrected chi connectivity index (χ4v) is 3.81. The Morgan fingerprint density at radius 1 is 1.44 bits per heavy atom. The summed E-state index contributed by atoms with van der Waals surface area (Å²) in [6.45, 7) is 0.462. The van der Waals surface area contributed by atoms with Gasteiger partial charge >= 0.3 is 7.12 Å². The van der Waals surface area contributed by atoms with Crippen molar-refractivity contribution in [3.05, 3.63) is 24.0 Å². The lowest BCUT2D eigenvalue weighted by Gasteiger charge is -2.09. The zero-order valence-corrected chi connectivity index (χ0v) is 9.28. The van der Waals surface area contributed by atoms with Gasteiger partial charge in [-0.1, -0.05) is 12.1 Å². The lowest BCUT2D eigenvalue weighted by atomic mass is 9.80. The normalized spacial score (nSPS) is 24.2. The quantitative estimate of drug-likeness (QED) is 0.703. The van der Waals surface area contributed by atoms with Gasteiger partial charge in [-0.15, -0.1) is 0 Å². The van der Waals surface area contributed by atoms with Gasteiger partial charge in [0.1, 0.15) is 5.82 Å². The first-order valence-corrected chi connectivity index (χ1v) is 6.58. The Morgan fingerprint density at radius 2 is 2.19 bits per heavy atom. The van der Waals surface area contributed by atoms with Crippen LogP contribution in [0.5, 0.6) is 0 Å². The van der Waals surface area contributed by atoms with Gasteiger partial charge in [-0.2, -0.15) is 0 Å². The summed E-state index contributed by atoms with van der Waals surface area (Å²) in [4.78, 5) is -0.0180. The average Bonchev–Trinajstić information content (AvgIpc) is 2.66. The van der Waals surface area contributed by atoms with E-state index in [1.165, 1.54) is 18.2 Å². The van der Waals surface area contributed by atoms with E-state index in [0.717, 1.165) is 0 Å². The van der Waals surface area contributed by atoms with E-state index in [4.69, 9.17) is 10.0 Å². The number of hydrogen-bond donors (Lipinski definition) is 2. The lowest BCUT2D eigenvalue weighted by molar-refractivity contribution is 0.422. The number of nitrogens with zero attached hydrogens (tertiary/aromatic N) is 1. The third kappa shape index (κ3) is 1.86. The Balaban J connectivity index is 2.59. The van der Waals surface area contributed by atoms with Gasteiger partial charge in [0.15, 0.2) is 0 Å². The maximum atomic E-state index is 13.9. The summed E-state index contributed by atoms with van der Waals surface area (Å²) in [5, 5.41) is 17.9. The second-order valence-corrected chi connectivity index (χ2v) is 5.97. The molecule has 1 aliphatic rings. The molecule has 1 aliphatic heterocycles. The molecule has 0 bridgehead atoms. The molecule has 86 valence electrons. The molecule has 4 nitrogen and oxygen atoms in total. The van der Waals surface area contributed by atoms with Crippen LogP contribution in [-0.2, 0) is 9.73 Å². The van der Waals surface area contributed by atoms with Crippen LogP contribution in [0.2, 0.25) is 0 Å². The SMILES string of the molecule is O=S1(c2cccc(B(O)O)c2F)=NCCC1. The first-order chi connectivity index (χ1) is 7.54. The maximum absolute atomic E-state index is 13.9. The molecule has 0 saturated carbocycles. The van der Waals surface area contributed by atoms with E-state index in [1.54, 1.807) is 0 Å². The van der Waals surface area contributed by atoms with Crippen molar-refractivity contribution in [3.63, 3.8) is 0 Å². The summed E-state index contributed by atoms with van der Waals surface area (Å²) in [5.41, 5.74) is -0.262. The molecule has 0 amide bonds. The van der Waals surface area contributed by atoms with E-state index in [0.29, 0.717) is 18.7 Å². The second-order valence-electron chi connectivity index (χ2n) is 3.58. The van der Waals surface area contributed by atoms with E-state index in [9.17, 15) is 8.60 Å². The molecule has 16 heavy (non-hydrogen) atoms. The predicted octanol–water partition coefficient (Wildman–Crippen LogP) is -0.264. The van der Waals surface area contributed by atoms with Gasteiger partial charge in [-0.05, 0) is 12.5 Å². The number of halogens is 1. The molecule has 0 radical (unpaired) electrons. The summed E-state index contributed by atoms with van der Waals surface area (Å²) in [7, 11) is -4.59. The van der Waals surface area contributed by atoms with Gasteiger partial charge < -0.3 is 10.0 Å². The van der Waals surface area contributed by atoms with Crippen LogP contribution in [0.4, 0.5) is 4.39 Å². The number of rotatable bonds is 2. The van der Waals surface area contributed by atoms with Crippen LogP contribution >= 0.6 is 0 Å². The van der Waals surface area contributed by atoms with Crippen LogP contribution in [-0.4, -0.2) is 33.7 Å². The van der Waals surface area contributed by atoms with Crippen LogP contribution in [0.1, 0.15) is 6.42 Å². The van der Waals surface area contributed by atoms with Crippen molar-refractivity contribution in [1.29, 1.82) is 0 Å². The standard InChI is InChI=1S/C9H11BFNO3S/c11-9-7(10(13)14)3-1-4-8(9)16(15)6-2-5-12-16/h1,3-4,13-14H,2,5-6H2. The van der Waals surface area contributed by atoms with E-state index in [2.05, 4.69) is 4.36 Å². The monoisotopic (exact) mass is 243 g/mol. The molecule has 0 aliphatic carbocycles. The van der Waals surface area contributed by atoms with Gasteiger partial charge in [0.05, 0.1) is 14.6 Å². The molecule has 0 spiro atoms. The minimum Gasteiger partial charge on any atom is -0.423 e. The van der Waals surface area contributed by atoms with Crippen molar-refractivity contribution in [2.75, 3.05) is 12.3 Å². The molecule has 0 saturated heterocycles. The van der Waals surface area contributed by atoms with Crippen LogP contribution in [0.25, 0.3) is 0 Å². The summed E-state index contributed by atoms with van der Waals surface area (Å²) in [5.74, 6) is -0.498. The Kier molecular flexibility index (Phi) is 3.01. The van der Waals surface area contributed by atoms with Gasteiger partial charge in [-0.25, -0.2) is 13.0 Å². The van der Waals surface area contributed by atoms with Crippen molar-refractivity contribution < 1.29 is 18.6 Å². The average molecular weight is 243 g/mol. The largest absolute Gasteiger partial charge is 0.491 e. The van der Waals surface area contributed by atoms with Crippen molar-refractivity contribution in [2.45, 2.75) is 11.3 Å². The van der Waals surface area contributed by atoms with E-state index in [-0.39, 0.29) is 10.4 Å². The molecule has 1 heterocycles. The highest BCUT2D eigenvalue weighted by atomic mass is 32.2. The first-order valence-electron chi connectivity index (χ1n) is 4.90. The summed E-state index contributed by atoms with van der Waals surface area (Å²) < 4.78 is 30.0. The molecule has 1 atom stereocenters. The maximum Gasteiger partial charge on any atom is 0.491 e. The topological polar surface area (TPSA) is 69.9 Å². The van der Waals surface area contributed by atoms with E-state index < -0.39 is 22.7 Å². The molecule has 1 aromatic rings. The number of benzene rings is 1. The third-order valence-electron chi connectivity index (χ3n) is 2.49. The summed E-state index contributed by atoms with van der Waals surface area (Å²) in [6.07, 6.45) is 0.671. The Hall–Kier alpha value is -0.915. The van der Waals surface area contributed by atoms with Crippen LogP contribution < -0.4 is 5.46 Å². The minimum absolute atomic E-state index is 0.0180. The van der Waals surface area contributed by atoms with E-state index >= 15 is 0 Å². The molecule has 1 aromatic carbocycles. The van der Waals surface area contributed by atoms with Crippen molar-refractivity contribution in [1.82, 2.24) is 0 Å². The molecule has 0 fully saturated rings. The van der Waals surface area contributed by atoms with Gasteiger partial charge in [0, 0.05) is 17.8 Å². The van der Waals surface area contributed by atoms with Gasteiger partial charge in [0.25, 0.3) is 0 Å². The number of hydrogen-bond acceptors (Lipinski definition) is 4.